The summed E-state index contributed by atoms with van der Waals surface area (Å²) >= 11 is 0. The second-order valence-corrected chi connectivity index (χ2v) is 3.91. The summed E-state index contributed by atoms with van der Waals surface area (Å²) in [7, 11) is 0. The van der Waals surface area contributed by atoms with Crippen LogP contribution in [-0.4, -0.2) is 0 Å². The van der Waals surface area contributed by atoms with Crippen LogP contribution in [0.25, 0.3) is 6.08 Å². The van der Waals surface area contributed by atoms with Crippen LogP contribution in [-0.2, 0) is 0 Å². The predicted molar refractivity (Wildman–Crippen MR) is 72.4 cm³/mol. The number of aryl methyl sites for hydroxylation is 2. The second kappa shape index (κ2) is 6.64. The minimum absolute atomic E-state index is 0.171. The number of halogens is 1. The molecule has 2 rings (SSSR count). The van der Waals surface area contributed by atoms with Crippen LogP contribution in [0.3, 0.4) is 0 Å². The van der Waals surface area contributed by atoms with Gasteiger partial charge in [-0.05, 0) is 31.5 Å². The van der Waals surface area contributed by atoms with E-state index in [1.54, 1.807) is 12.1 Å². The number of benzene rings is 2. The van der Waals surface area contributed by atoms with Crippen molar-refractivity contribution >= 4 is 6.08 Å². The van der Waals surface area contributed by atoms with Crippen molar-refractivity contribution in [1.82, 2.24) is 0 Å². The molecule has 0 aliphatic carbocycles. The maximum absolute atomic E-state index is 12.1. The summed E-state index contributed by atoms with van der Waals surface area (Å²) in [6.07, 6.45) is 1.85. The molecule has 0 nitrogen and oxygen atoms in total. The minimum Gasteiger partial charge on any atom is -0.207 e. The molecule has 0 N–H and O–H groups in total. The molecule has 0 saturated heterocycles. The molecule has 0 atom stereocenters. The van der Waals surface area contributed by atoms with Gasteiger partial charge in [0.05, 0.1) is 0 Å². The third-order valence-electron chi connectivity index (χ3n) is 2.32. The van der Waals surface area contributed by atoms with E-state index in [-0.39, 0.29) is 5.82 Å². The third kappa shape index (κ3) is 5.12. The number of hydrogen-bond acceptors (Lipinski definition) is 0. The van der Waals surface area contributed by atoms with Crippen molar-refractivity contribution in [2.75, 3.05) is 0 Å². The molecule has 0 bridgehead atoms. The first-order valence-corrected chi connectivity index (χ1v) is 5.53. The molecule has 88 valence electrons. The highest BCUT2D eigenvalue weighted by molar-refractivity contribution is 5.46. The largest absolute Gasteiger partial charge is 0.207 e. The first-order chi connectivity index (χ1) is 8.11. The zero-order valence-electron chi connectivity index (χ0n) is 10.3. The van der Waals surface area contributed by atoms with Crippen molar-refractivity contribution in [3.63, 3.8) is 0 Å². The zero-order chi connectivity index (χ0) is 12.7. The zero-order valence-corrected chi connectivity index (χ0v) is 10.3. The van der Waals surface area contributed by atoms with E-state index in [4.69, 9.17) is 0 Å². The van der Waals surface area contributed by atoms with Gasteiger partial charge in [-0.25, -0.2) is 4.39 Å². The molecule has 0 saturated carbocycles. The van der Waals surface area contributed by atoms with Crippen LogP contribution in [0.5, 0.6) is 0 Å². The molecule has 0 fully saturated rings. The van der Waals surface area contributed by atoms with Gasteiger partial charge < -0.3 is 0 Å². The lowest BCUT2D eigenvalue weighted by molar-refractivity contribution is 0.627. The predicted octanol–water partition coefficient (Wildman–Crippen LogP) is 4.77. The van der Waals surface area contributed by atoms with Crippen LogP contribution >= 0.6 is 0 Å². The van der Waals surface area contributed by atoms with Crippen LogP contribution in [0, 0.1) is 19.7 Å². The molecule has 0 heterocycles. The summed E-state index contributed by atoms with van der Waals surface area (Å²) in [5, 5.41) is 0. The first-order valence-electron chi connectivity index (χ1n) is 5.53. The summed E-state index contributed by atoms with van der Waals surface area (Å²) in [4.78, 5) is 0. The summed E-state index contributed by atoms with van der Waals surface area (Å²) < 4.78 is 12.1. The Hall–Kier alpha value is -1.89. The molecule has 0 radical (unpaired) electrons. The molecule has 2 aromatic rings. The van der Waals surface area contributed by atoms with Gasteiger partial charge in [0.2, 0.25) is 0 Å². The average molecular weight is 228 g/mol. The van der Waals surface area contributed by atoms with Gasteiger partial charge in [0, 0.05) is 0 Å². The Balaban J connectivity index is 0.000000171. The molecule has 2 aromatic carbocycles. The molecule has 1 heteroatoms. The van der Waals surface area contributed by atoms with E-state index < -0.39 is 0 Å². The van der Waals surface area contributed by atoms with Crippen LogP contribution in [0.15, 0.2) is 55.1 Å². The quantitative estimate of drug-likeness (QED) is 0.659. The van der Waals surface area contributed by atoms with Gasteiger partial charge in [-0.3, -0.25) is 0 Å². The van der Waals surface area contributed by atoms with Gasteiger partial charge in [-0.15, -0.1) is 0 Å². The second-order valence-electron chi connectivity index (χ2n) is 3.91. The molecule has 0 aliphatic heterocycles. The van der Waals surface area contributed by atoms with Crippen molar-refractivity contribution < 1.29 is 4.39 Å². The topological polar surface area (TPSA) is 0 Å². The monoisotopic (exact) mass is 228 g/mol. The molecular formula is C16H17F. The van der Waals surface area contributed by atoms with E-state index in [0.717, 1.165) is 5.56 Å². The van der Waals surface area contributed by atoms with Gasteiger partial charge in [-0.2, -0.15) is 0 Å². The van der Waals surface area contributed by atoms with Crippen molar-refractivity contribution in [1.29, 1.82) is 0 Å². The van der Waals surface area contributed by atoms with E-state index in [1.807, 2.05) is 13.0 Å². The van der Waals surface area contributed by atoms with E-state index in [1.165, 1.54) is 23.3 Å². The van der Waals surface area contributed by atoms with Crippen LogP contribution in [0.2, 0.25) is 0 Å². The van der Waals surface area contributed by atoms with E-state index in [0.29, 0.717) is 0 Å². The van der Waals surface area contributed by atoms with E-state index in [9.17, 15) is 4.39 Å². The Labute approximate surface area is 102 Å². The maximum atomic E-state index is 12.1. The molecule has 0 amide bonds. The fraction of sp³-hybridized carbons (Fsp3) is 0.125. The third-order valence-corrected chi connectivity index (χ3v) is 2.32. The van der Waals surface area contributed by atoms with Crippen molar-refractivity contribution in [2.45, 2.75) is 13.8 Å². The number of rotatable bonds is 1. The SMILES string of the molecule is C=Cc1ccc(C)cc1.Cc1ccc(F)cc1. The van der Waals surface area contributed by atoms with E-state index in [2.05, 4.69) is 37.8 Å². The highest BCUT2D eigenvalue weighted by Crippen LogP contribution is 2.02. The maximum Gasteiger partial charge on any atom is 0.123 e. The van der Waals surface area contributed by atoms with Gasteiger partial charge in [0.25, 0.3) is 0 Å². The van der Waals surface area contributed by atoms with Crippen molar-refractivity contribution in [3.05, 3.63) is 77.6 Å². The van der Waals surface area contributed by atoms with Gasteiger partial charge >= 0.3 is 0 Å². The average Bonchev–Trinajstić information content (AvgIpc) is 2.35. The van der Waals surface area contributed by atoms with Crippen molar-refractivity contribution in [3.8, 4) is 0 Å². The molecule has 0 aromatic heterocycles. The summed E-state index contributed by atoms with van der Waals surface area (Å²) in [6.45, 7) is 7.67. The summed E-state index contributed by atoms with van der Waals surface area (Å²) in [6, 6.07) is 14.7. The highest BCUT2D eigenvalue weighted by atomic mass is 19.1. The summed E-state index contributed by atoms with van der Waals surface area (Å²) in [5.41, 5.74) is 3.56. The van der Waals surface area contributed by atoms with Gasteiger partial charge in [-0.1, -0.05) is 60.2 Å². The standard InChI is InChI=1S/C9H10.C7H7F/c1-3-9-6-4-8(2)5-7-9;1-6-2-4-7(8)5-3-6/h3-7H,1H2,2H3;2-5H,1H3. The lowest BCUT2D eigenvalue weighted by Gasteiger charge is -1.91. The number of hydrogen-bond donors (Lipinski definition) is 0. The molecule has 0 spiro atoms. The fourth-order valence-electron chi connectivity index (χ4n) is 1.24. The Bertz CT molecular complexity index is 431. The molecule has 0 aliphatic rings. The highest BCUT2D eigenvalue weighted by Gasteiger charge is 1.83. The Morgan fingerprint density at radius 3 is 1.59 bits per heavy atom. The van der Waals surface area contributed by atoms with E-state index >= 15 is 0 Å². The Morgan fingerprint density at radius 1 is 0.824 bits per heavy atom. The lowest BCUT2D eigenvalue weighted by atomic mass is 10.2. The van der Waals surface area contributed by atoms with Crippen LogP contribution in [0.1, 0.15) is 16.7 Å². The van der Waals surface area contributed by atoms with Gasteiger partial charge in [0.1, 0.15) is 5.82 Å². The van der Waals surface area contributed by atoms with Crippen LogP contribution in [0.4, 0.5) is 4.39 Å². The molecule has 17 heavy (non-hydrogen) atoms. The lowest BCUT2D eigenvalue weighted by Crippen LogP contribution is -1.71. The molecular weight excluding hydrogens is 211 g/mol. The normalized spacial score (nSPS) is 9.12. The smallest absolute Gasteiger partial charge is 0.123 e. The fourth-order valence-corrected chi connectivity index (χ4v) is 1.24. The Kier molecular flexibility index (Phi) is 5.15. The minimum atomic E-state index is -0.171. The van der Waals surface area contributed by atoms with Crippen molar-refractivity contribution in [2.24, 2.45) is 0 Å². The first kappa shape index (κ1) is 13.2. The van der Waals surface area contributed by atoms with Gasteiger partial charge in [0.15, 0.2) is 0 Å². The molecule has 0 unspecified atom stereocenters. The summed E-state index contributed by atoms with van der Waals surface area (Å²) in [5.74, 6) is -0.171. The Morgan fingerprint density at radius 2 is 1.24 bits per heavy atom. The van der Waals surface area contributed by atoms with Crippen LogP contribution < -0.4 is 0 Å².